The first-order chi connectivity index (χ1) is 14.2. The van der Waals surface area contributed by atoms with E-state index in [9.17, 15) is 4.79 Å². The van der Waals surface area contributed by atoms with Crippen LogP contribution in [-0.4, -0.2) is 50.8 Å². The average molecular weight is 427 g/mol. The minimum Gasteiger partial charge on any atom is -0.366 e. The Bertz CT molecular complexity index is 1160. The number of rotatable bonds is 4. The summed E-state index contributed by atoms with van der Waals surface area (Å²) in [5.74, 6) is 0.366. The molecule has 0 spiro atoms. The number of H-pyrrole nitrogens is 1. The fourth-order valence-corrected chi connectivity index (χ4v) is 4.60. The molecule has 29 heavy (non-hydrogen) atoms. The van der Waals surface area contributed by atoms with E-state index in [2.05, 4.69) is 42.4 Å². The van der Waals surface area contributed by atoms with Gasteiger partial charge in [-0.3, -0.25) is 9.69 Å². The Labute approximate surface area is 176 Å². The molecule has 1 fully saturated rings. The molecule has 0 unspecified atom stereocenters. The number of nitrogens with one attached hydrogen (secondary N) is 1. The molecule has 0 saturated carbocycles. The molecule has 7 nitrogen and oxygen atoms in total. The van der Waals surface area contributed by atoms with Gasteiger partial charge in [-0.05, 0) is 23.6 Å². The molecule has 4 aromatic rings. The summed E-state index contributed by atoms with van der Waals surface area (Å²) in [6, 6.07) is 11.8. The molecular weight excluding hydrogens is 408 g/mol. The number of hydrogen-bond acceptors (Lipinski definition) is 6. The van der Waals surface area contributed by atoms with Crippen LogP contribution < -0.4 is 10.5 Å². The molecule has 1 aliphatic rings. The maximum Gasteiger partial charge on any atom is 0.295 e. The van der Waals surface area contributed by atoms with Crippen molar-refractivity contribution in [2.75, 3.05) is 31.1 Å². The predicted octanol–water partition coefficient (Wildman–Crippen LogP) is 3.15. The molecule has 148 valence electrons. The fraction of sp³-hybridized carbons (Fsp3) is 0.250. The van der Waals surface area contributed by atoms with Crippen LogP contribution in [0.15, 0.2) is 52.8 Å². The first-order valence-corrected chi connectivity index (χ1v) is 10.7. The lowest BCUT2D eigenvalue weighted by atomic mass is 10.2. The topological polar surface area (TPSA) is 70.1 Å². The van der Waals surface area contributed by atoms with Crippen molar-refractivity contribution in [3.63, 3.8) is 0 Å². The third kappa shape index (κ3) is 3.55. The highest BCUT2D eigenvalue weighted by Crippen LogP contribution is 2.24. The van der Waals surface area contributed by atoms with Crippen LogP contribution in [0.4, 0.5) is 5.69 Å². The van der Waals surface area contributed by atoms with Crippen molar-refractivity contribution in [2.24, 2.45) is 0 Å². The molecule has 5 rings (SSSR count). The maximum absolute atomic E-state index is 12.9. The third-order valence-corrected chi connectivity index (χ3v) is 6.37. The molecule has 0 radical (unpaired) electrons. The lowest BCUT2D eigenvalue weighted by Gasteiger charge is -2.35. The average Bonchev–Trinajstić information content (AvgIpc) is 3.40. The van der Waals surface area contributed by atoms with Crippen LogP contribution in [0.3, 0.4) is 0 Å². The van der Waals surface area contributed by atoms with Crippen molar-refractivity contribution < 1.29 is 0 Å². The van der Waals surface area contributed by atoms with Gasteiger partial charge in [-0.1, -0.05) is 29.8 Å². The Morgan fingerprint density at radius 2 is 1.93 bits per heavy atom. The number of para-hydroxylation sites is 2. The lowest BCUT2D eigenvalue weighted by molar-refractivity contribution is 0.252. The van der Waals surface area contributed by atoms with Crippen molar-refractivity contribution >= 4 is 39.7 Å². The Kier molecular flexibility index (Phi) is 4.83. The van der Waals surface area contributed by atoms with Gasteiger partial charge in [0.2, 0.25) is 5.95 Å². The van der Waals surface area contributed by atoms with E-state index < -0.39 is 0 Å². The molecule has 0 atom stereocenters. The normalized spacial score (nSPS) is 15.3. The van der Waals surface area contributed by atoms with E-state index in [1.54, 1.807) is 17.5 Å². The second-order valence-electron chi connectivity index (χ2n) is 6.98. The zero-order valence-electron chi connectivity index (χ0n) is 15.6. The number of aromatic amines is 1. The standard InChI is InChI=1S/C20H19ClN6OS/c21-18-17(26-9-7-25(8-10-26)13-14-4-3-11-29-14)12-22-27(19(18)28)20-23-15-5-1-2-6-16(15)24-20/h1-6,11-12H,7-10,13H2,(H,23,24). The van der Waals surface area contributed by atoms with Crippen LogP contribution in [0.25, 0.3) is 17.0 Å². The van der Waals surface area contributed by atoms with Gasteiger partial charge in [0.25, 0.3) is 5.56 Å². The summed E-state index contributed by atoms with van der Waals surface area (Å²) in [6.45, 7) is 4.41. The van der Waals surface area contributed by atoms with Crippen molar-refractivity contribution in [2.45, 2.75) is 6.54 Å². The summed E-state index contributed by atoms with van der Waals surface area (Å²) in [6.07, 6.45) is 1.66. The maximum atomic E-state index is 12.9. The molecule has 1 aliphatic heterocycles. The Morgan fingerprint density at radius 3 is 2.69 bits per heavy atom. The van der Waals surface area contributed by atoms with Crippen LogP contribution in [-0.2, 0) is 6.54 Å². The molecule has 1 aromatic carbocycles. The van der Waals surface area contributed by atoms with Gasteiger partial charge in [-0.25, -0.2) is 4.98 Å². The highest BCUT2D eigenvalue weighted by atomic mass is 35.5. The van der Waals surface area contributed by atoms with Gasteiger partial charge in [-0.2, -0.15) is 9.78 Å². The largest absolute Gasteiger partial charge is 0.366 e. The van der Waals surface area contributed by atoms with Crippen LogP contribution in [0.5, 0.6) is 0 Å². The number of thiophene rings is 1. The van der Waals surface area contributed by atoms with E-state index in [-0.39, 0.29) is 10.6 Å². The van der Waals surface area contributed by atoms with Crippen LogP contribution in [0, 0.1) is 0 Å². The second-order valence-corrected chi connectivity index (χ2v) is 8.39. The Hall–Kier alpha value is -2.68. The molecule has 3 aromatic heterocycles. The van der Waals surface area contributed by atoms with Crippen molar-refractivity contribution in [3.8, 4) is 5.95 Å². The zero-order valence-corrected chi connectivity index (χ0v) is 17.2. The number of nitrogens with zero attached hydrogens (tertiary/aromatic N) is 5. The van der Waals surface area contributed by atoms with Gasteiger partial charge in [0.15, 0.2) is 0 Å². The van der Waals surface area contributed by atoms with Crippen LogP contribution >= 0.6 is 22.9 Å². The number of imidazole rings is 1. The molecule has 0 aliphatic carbocycles. The van der Waals surface area contributed by atoms with Gasteiger partial charge >= 0.3 is 0 Å². The summed E-state index contributed by atoms with van der Waals surface area (Å²) < 4.78 is 1.22. The Morgan fingerprint density at radius 1 is 1.10 bits per heavy atom. The van der Waals surface area contributed by atoms with Gasteiger partial charge < -0.3 is 9.88 Å². The van der Waals surface area contributed by atoms with Crippen molar-refractivity contribution in [1.29, 1.82) is 0 Å². The smallest absolute Gasteiger partial charge is 0.295 e. The number of aromatic nitrogens is 4. The van der Waals surface area contributed by atoms with E-state index in [4.69, 9.17) is 11.6 Å². The Balaban J connectivity index is 1.35. The first kappa shape index (κ1) is 18.4. The zero-order chi connectivity index (χ0) is 19.8. The number of piperazine rings is 1. The highest BCUT2D eigenvalue weighted by Gasteiger charge is 2.22. The summed E-state index contributed by atoms with van der Waals surface area (Å²) in [4.78, 5) is 26.3. The van der Waals surface area contributed by atoms with Gasteiger partial charge in [0, 0.05) is 37.6 Å². The third-order valence-electron chi connectivity index (χ3n) is 5.15. The number of halogens is 1. The van der Waals surface area contributed by atoms with E-state index in [1.165, 1.54) is 9.56 Å². The summed E-state index contributed by atoms with van der Waals surface area (Å²) in [5, 5.41) is 6.61. The first-order valence-electron chi connectivity index (χ1n) is 9.42. The van der Waals surface area contributed by atoms with Gasteiger partial charge in [0.1, 0.15) is 5.02 Å². The molecular formula is C20H19ClN6OS. The lowest BCUT2D eigenvalue weighted by Crippen LogP contribution is -2.46. The fourth-order valence-electron chi connectivity index (χ4n) is 3.60. The number of fused-ring (bicyclic) bond motifs is 1. The van der Waals surface area contributed by atoms with Gasteiger partial charge in [0.05, 0.1) is 22.9 Å². The quantitative estimate of drug-likeness (QED) is 0.543. The number of anilines is 1. The molecule has 0 amide bonds. The second kappa shape index (κ2) is 7.62. The number of benzene rings is 1. The van der Waals surface area contributed by atoms with E-state index in [1.807, 2.05) is 24.3 Å². The summed E-state index contributed by atoms with van der Waals surface area (Å²) in [5.41, 5.74) is 1.93. The molecule has 4 heterocycles. The number of hydrogen-bond donors (Lipinski definition) is 1. The minimum atomic E-state index is -0.371. The van der Waals surface area contributed by atoms with E-state index in [0.717, 1.165) is 43.8 Å². The SMILES string of the molecule is O=c1c(Cl)c(N2CCN(Cc3cccs3)CC2)cnn1-c1nc2ccccc2[nH]1. The highest BCUT2D eigenvalue weighted by molar-refractivity contribution is 7.09. The van der Waals surface area contributed by atoms with Crippen LogP contribution in [0.1, 0.15) is 4.88 Å². The summed E-state index contributed by atoms with van der Waals surface area (Å²) in [7, 11) is 0. The minimum absolute atomic E-state index is 0.173. The van der Waals surface area contributed by atoms with E-state index >= 15 is 0 Å². The predicted molar refractivity (Wildman–Crippen MR) is 116 cm³/mol. The van der Waals surface area contributed by atoms with Crippen molar-refractivity contribution in [3.05, 3.63) is 68.2 Å². The van der Waals surface area contributed by atoms with Gasteiger partial charge in [-0.15, -0.1) is 11.3 Å². The molecule has 1 saturated heterocycles. The molecule has 9 heteroatoms. The van der Waals surface area contributed by atoms with Crippen molar-refractivity contribution in [1.82, 2.24) is 24.6 Å². The molecule has 1 N–H and O–H groups in total. The van der Waals surface area contributed by atoms with Crippen LogP contribution in [0.2, 0.25) is 5.02 Å². The summed E-state index contributed by atoms with van der Waals surface area (Å²) >= 11 is 8.24. The van der Waals surface area contributed by atoms with E-state index in [0.29, 0.717) is 11.6 Å². The monoisotopic (exact) mass is 426 g/mol. The molecule has 0 bridgehead atoms.